The Morgan fingerprint density at radius 2 is 2.10 bits per heavy atom. The Balaban J connectivity index is 2.53. The average molecular weight is 306 g/mol. The summed E-state index contributed by atoms with van der Waals surface area (Å²) < 4.78 is 29.6. The van der Waals surface area contributed by atoms with Crippen LogP contribution in [0.4, 0.5) is 0 Å². The molecule has 9 nitrogen and oxygen atoms in total. The molecule has 20 heavy (non-hydrogen) atoms. The molecule has 4 atom stereocenters. The summed E-state index contributed by atoms with van der Waals surface area (Å²) in [6, 6.07) is 1.03. The predicted octanol–water partition coefficient (Wildman–Crippen LogP) is -2.80. The van der Waals surface area contributed by atoms with Crippen molar-refractivity contribution in [2.24, 2.45) is 0 Å². The van der Waals surface area contributed by atoms with E-state index in [4.69, 9.17) is 9.84 Å². The van der Waals surface area contributed by atoms with Crippen molar-refractivity contribution in [1.82, 2.24) is 9.55 Å². The quantitative estimate of drug-likeness (QED) is 0.548. The van der Waals surface area contributed by atoms with Gasteiger partial charge in [0.25, 0.3) is 5.56 Å². The van der Waals surface area contributed by atoms with Crippen LogP contribution in [-0.2, 0) is 14.6 Å². The second-order valence-electron chi connectivity index (χ2n) is 4.55. The van der Waals surface area contributed by atoms with E-state index in [0.717, 1.165) is 23.1 Å². The van der Waals surface area contributed by atoms with Crippen LogP contribution in [0.5, 0.6) is 0 Å². The van der Waals surface area contributed by atoms with Crippen LogP contribution in [0.1, 0.15) is 6.23 Å². The molecule has 0 aromatic carbocycles. The molecule has 0 bridgehead atoms. The number of aromatic nitrogens is 2. The number of aliphatic hydroxyl groups is 2. The van der Waals surface area contributed by atoms with E-state index < -0.39 is 51.4 Å². The summed E-state index contributed by atoms with van der Waals surface area (Å²) in [6.45, 7) is -0.595. The minimum atomic E-state index is -3.76. The number of hydrogen-bond donors (Lipinski definition) is 3. The molecule has 2 heterocycles. The van der Waals surface area contributed by atoms with Crippen molar-refractivity contribution in [3.05, 3.63) is 33.1 Å². The maximum Gasteiger partial charge on any atom is 0.330 e. The molecule has 1 aliphatic heterocycles. The summed E-state index contributed by atoms with van der Waals surface area (Å²) >= 11 is 0. The molecular weight excluding hydrogens is 292 g/mol. The predicted molar refractivity (Wildman–Crippen MR) is 67.0 cm³/mol. The number of aliphatic hydroxyl groups excluding tert-OH is 2. The van der Waals surface area contributed by atoms with Crippen molar-refractivity contribution in [1.29, 1.82) is 0 Å². The number of ether oxygens (including phenoxy) is 1. The Kier molecular flexibility index (Phi) is 3.82. The standard InChI is InChI=1S/C10H14N2O7S/c1-20(17,18)8-7(15)5(4-13)19-9(8)12-3-2-6(14)11-10(12)16/h2-3,5,7-9,13,15H,4H2,1H3,(H,11,14,16)/t5-,7?,8?,9-/m0/s1. The van der Waals surface area contributed by atoms with Crippen molar-refractivity contribution >= 4 is 9.84 Å². The van der Waals surface area contributed by atoms with Gasteiger partial charge in [0.05, 0.1) is 6.61 Å². The fourth-order valence-electron chi connectivity index (χ4n) is 2.18. The van der Waals surface area contributed by atoms with Crippen LogP contribution >= 0.6 is 0 Å². The maximum atomic E-state index is 11.8. The summed E-state index contributed by atoms with van der Waals surface area (Å²) in [6.07, 6.45) is -1.94. The van der Waals surface area contributed by atoms with Gasteiger partial charge >= 0.3 is 5.69 Å². The monoisotopic (exact) mass is 306 g/mol. The van der Waals surface area contributed by atoms with Gasteiger partial charge < -0.3 is 14.9 Å². The highest BCUT2D eigenvalue weighted by Crippen LogP contribution is 2.32. The van der Waals surface area contributed by atoms with E-state index in [1.54, 1.807) is 0 Å². The smallest absolute Gasteiger partial charge is 0.330 e. The third kappa shape index (κ3) is 2.54. The molecule has 0 aliphatic carbocycles. The number of rotatable bonds is 3. The topological polar surface area (TPSA) is 139 Å². The first-order valence-corrected chi connectivity index (χ1v) is 7.66. The SMILES string of the molecule is CS(=O)(=O)C1C(O)[C@H](CO)O[C@@H]1n1ccc(=O)[nH]c1=O. The Hall–Kier alpha value is -1.49. The van der Waals surface area contributed by atoms with Gasteiger partial charge in [0.2, 0.25) is 0 Å². The van der Waals surface area contributed by atoms with Crippen LogP contribution in [-0.4, -0.2) is 58.5 Å². The maximum absolute atomic E-state index is 11.8. The Labute approximate surface area is 113 Å². The largest absolute Gasteiger partial charge is 0.394 e. The van der Waals surface area contributed by atoms with E-state index in [-0.39, 0.29) is 0 Å². The van der Waals surface area contributed by atoms with Gasteiger partial charge in [-0.1, -0.05) is 0 Å². The fourth-order valence-corrected chi connectivity index (χ4v) is 3.48. The zero-order chi connectivity index (χ0) is 15.1. The lowest BCUT2D eigenvalue weighted by atomic mass is 10.2. The molecule has 112 valence electrons. The number of nitrogens with one attached hydrogen (secondary N) is 1. The number of aromatic amines is 1. The van der Waals surface area contributed by atoms with E-state index in [0.29, 0.717) is 0 Å². The molecule has 1 aliphatic rings. The van der Waals surface area contributed by atoms with Crippen LogP contribution in [0, 0.1) is 0 Å². The molecule has 1 aromatic rings. The molecule has 0 amide bonds. The first kappa shape index (κ1) is 14.9. The molecule has 2 unspecified atom stereocenters. The van der Waals surface area contributed by atoms with Crippen LogP contribution in [0.2, 0.25) is 0 Å². The lowest BCUT2D eigenvalue weighted by molar-refractivity contribution is -0.0457. The highest BCUT2D eigenvalue weighted by molar-refractivity contribution is 7.91. The lowest BCUT2D eigenvalue weighted by Crippen LogP contribution is -2.41. The van der Waals surface area contributed by atoms with E-state index in [1.807, 2.05) is 4.98 Å². The van der Waals surface area contributed by atoms with Gasteiger partial charge in [-0.2, -0.15) is 0 Å². The highest BCUT2D eigenvalue weighted by atomic mass is 32.2. The summed E-state index contributed by atoms with van der Waals surface area (Å²) in [5, 5.41) is 17.6. The third-order valence-electron chi connectivity index (χ3n) is 3.11. The van der Waals surface area contributed by atoms with Crippen LogP contribution < -0.4 is 11.2 Å². The summed E-state index contributed by atoms with van der Waals surface area (Å²) in [7, 11) is -3.76. The molecular formula is C10H14N2O7S. The van der Waals surface area contributed by atoms with Gasteiger partial charge in [-0.15, -0.1) is 0 Å². The molecule has 1 saturated heterocycles. The van der Waals surface area contributed by atoms with E-state index in [1.165, 1.54) is 0 Å². The van der Waals surface area contributed by atoms with Gasteiger partial charge in [0.1, 0.15) is 17.5 Å². The Bertz CT molecular complexity index is 707. The van der Waals surface area contributed by atoms with E-state index >= 15 is 0 Å². The number of hydrogen-bond acceptors (Lipinski definition) is 7. The number of H-pyrrole nitrogens is 1. The Morgan fingerprint density at radius 1 is 1.45 bits per heavy atom. The normalized spacial score (nSPS) is 30.6. The molecule has 1 aromatic heterocycles. The van der Waals surface area contributed by atoms with Crippen molar-refractivity contribution in [2.75, 3.05) is 12.9 Å². The molecule has 2 rings (SSSR count). The molecule has 10 heteroatoms. The van der Waals surface area contributed by atoms with Crippen molar-refractivity contribution in [3.63, 3.8) is 0 Å². The van der Waals surface area contributed by atoms with Gasteiger partial charge in [0, 0.05) is 18.5 Å². The molecule has 3 N–H and O–H groups in total. The molecule has 0 spiro atoms. The van der Waals surface area contributed by atoms with Crippen LogP contribution in [0.25, 0.3) is 0 Å². The molecule has 0 saturated carbocycles. The second-order valence-corrected chi connectivity index (χ2v) is 6.75. The zero-order valence-electron chi connectivity index (χ0n) is 10.5. The number of sulfone groups is 1. The fraction of sp³-hybridized carbons (Fsp3) is 0.600. The van der Waals surface area contributed by atoms with Crippen molar-refractivity contribution in [2.45, 2.75) is 23.7 Å². The van der Waals surface area contributed by atoms with Crippen molar-refractivity contribution in [3.8, 4) is 0 Å². The lowest BCUT2D eigenvalue weighted by Gasteiger charge is -2.19. The average Bonchev–Trinajstić information content (AvgIpc) is 2.65. The van der Waals surface area contributed by atoms with Gasteiger partial charge in [0.15, 0.2) is 16.1 Å². The van der Waals surface area contributed by atoms with E-state index in [2.05, 4.69) is 0 Å². The number of nitrogens with zero attached hydrogens (tertiary/aromatic N) is 1. The van der Waals surface area contributed by atoms with Crippen molar-refractivity contribution < 1.29 is 23.4 Å². The summed E-state index contributed by atoms with van der Waals surface area (Å²) in [4.78, 5) is 24.7. The first-order chi connectivity index (χ1) is 9.25. The van der Waals surface area contributed by atoms with Gasteiger partial charge in [-0.25, -0.2) is 13.2 Å². The van der Waals surface area contributed by atoms with Crippen LogP contribution in [0.15, 0.2) is 21.9 Å². The third-order valence-corrected chi connectivity index (χ3v) is 4.61. The summed E-state index contributed by atoms with van der Waals surface area (Å²) in [5.74, 6) is 0. The minimum absolute atomic E-state index is 0.595. The Morgan fingerprint density at radius 3 is 2.60 bits per heavy atom. The summed E-state index contributed by atoms with van der Waals surface area (Å²) in [5.41, 5.74) is -1.50. The molecule has 1 fully saturated rings. The van der Waals surface area contributed by atoms with Crippen LogP contribution in [0.3, 0.4) is 0 Å². The molecule has 0 radical (unpaired) electrons. The zero-order valence-corrected chi connectivity index (χ0v) is 11.3. The second kappa shape index (κ2) is 5.13. The highest BCUT2D eigenvalue weighted by Gasteiger charge is 2.50. The van der Waals surface area contributed by atoms with Gasteiger partial charge in [-0.05, 0) is 0 Å². The van der Waals surface area contributed by atoms with Gasteiger partial charge in [-0.3, -0.25) is 14.3 Å². The van der Waals surface area contributed by atoms with E-state index in [9.17, 15) is 23.1 Å². The first-order valence-electron chi connectivity index (χ1n) is 5.70. The minimum Gasteiger partial charge on any atom is -0.394 e.